The number of carbonyl (C=O) groups is 1. The van der Waals surface area contributed by atoms with Crippen LogP contribution in [0.4, 0.5) is 0 Å². The number of rotatable bonds is 4. The van der Waals surface area contributed by atoms with Crippen LogP contribution in [0.25, 0.3) is 0 Å². The van der Waals surface area contributed by atoms with Gasteiger partial charge in [0.2, 0.25) is 6.41 Å². The Morgan fingerprint density at radius 1 is 1.38 bits per heavy atom. The second-order valence-corrected chi connectivity index (χ2v) is 6.45. The third-order valence-electron chi connectivity index (χ3n) is 4.72. The Bertz CT molecular complexity index is 265. The van der Waals surface area contributed by atoms with E-state index in [9.17, 15) is 4.79 Å². The van der Waals surface area contributed by atoms with Crippen LogP contribution in [-0.4, -0.2) is 11.9 Å². The molecule has 0 heterocycles. The highest BCUT2D eigenvalue weighted by Gasteiger charge is 2.48. The van der Waals surface area contributed by atoms with Gasteiger partial charge in [0.1, 0.15) is 0 Å². The summed E-state index contributed by atoms with van der Waals surface area (Å²) in [5, 5.41) is 3.16. The van der Waals surface area contributed by atoms with E-state index in [1.807, 2.05) is 0 Å². The topological polar surface area (TPSA) is 29.1 Å². The molecular formula is C14H25NO. The van der Waals surface area contributed by atoms with Crippen molar-refractivity contribution in [2.75, 3.05) is 0 Å². The highest BCUT2D eigenvalue weighted by atomic mass is 16.1. The van der Waals surface area contributed by atoms with Crippen molar-refractivity contribution >= 4 is 6.41 Å². The molecule has 2 heteroatoms. The Kier molecular flexibility index (Phi) is 3.27. The average molecular weight is 223 g/mol. The van der Waals surface area contributed by atoms with Crippen molar-refractivity contribution in [3.05, 3.63) is 0 Å². The van der Waals surface area contributed by atoms with Gasteiger partial charge in [0, 0.05) is 5.54 Å². The first-order valence-corrected chi connectivity index (χ1v) is 6.83. The van der Waals surface area contributed by atoms with E-state index in [1.54, 1.807) is 0 Å². The quantitative estimate of drug-likeness (QED) is 0.728. The van der Waals surface area contributed by atoms with E-state index in [4.69, 9.17) is 0 Å². The van der Waals surface area contributed by atoms with E-state index in [-0.39, 0.29) is 5.54 Å². The lowest BCUT2D eigenvalue weighted by atomic mass is 9.56. The first-order chi connectivity index (χ1) is 7.61. The summed E-state index contributed by atoms with van der Waals surface area (Å²) in [4.78, 5) is 10.8. The zero-order valence-electron chi connectivity index (χ0n) is 10.7. The van der Waals surface area contributed by atoms with Crippen LogP contribution in [0.3, 0.4) is 0 Å². The number of carbonyl (C=O) groups excluding carboxylic acids is 1. The second-order valence-electron chi connectivity index (χ2n) is 6.45. The summed E-state index contributed by atoms with van der Waals surface area (Å²) in [6.45, 7) is 4.70. The molecule has 0 aromatic carbocycles. The molecule has 1 N–H and O–H groups in total. The van der Waals surface area contributed by atoms with Crippen molar-refractivity contribution in [2.45, 2.75) is 70.8 Å². The van der Waals surface area contributed by atoms with Crippen LogP contribution >= 0.6 is 0 Å². The van der Waals surface area contributed by atoms with E-state index in [2.05, 4.69) is 19.2 Å². The van der Waals surface area contributed by atoms with Gasteiger partial charge < -0.3 is 5.32 Å². The minimum atomic E-state index is 0.146. The summed E-state index contributed by atoms with van der Waals surface area (Å²) in [5.74, 6) is 0.830. The summed E-state index contributed by atoms with van der Waals surface area (Å²) >= 11 is 0. The maximum Gasteiger partial charge on any atom is 0.207 e. The minimum absolute atomic E-state index is 0.146. The Morgan fingerprint density at radius 3 is 2.88 bits per heavy atom. The fraction of sp³-hybridized carbons (Fsp3) is 0.929. The zero-order valence-corrected chi connectivity index (χ0v) is 10.7. The molecule has 0 aliphatic heterocycles. The van der Waals surface area contributed by atoms with Gasteiger partial charge in [-0.25, -0.2) is 0 Å². The molecular weight excluding hydrogens is 198 g/mol. The normalized spacial score (nSPS) is 42.8. The monoisotopic (exact) mass is 223 g/mol. The van der Waals surface area contributed by atoms with Crippen LogP contribution in [0, 0.1) is 11.3 Å². The summed E-state index contributed by atoms with van der Waals surface area (Å²) in [5.41, 5.74) is 0.638. The van der Waals surface area contributed by atoms with Crippen LogP contribution in [0.5, 0.6) is 0 Å². The number of hydrogen-bond donors (Lipinski definition) is 1. The molecule has 2 fully saturated rings. The standard InChI is InChI=1S/C14H25NO/c1-3-5-12-8-13(2)6-4-7-14(9-12,10-13)15-11-16/h11-12H,3-10H2,1-2H3,(H,15,16). The maximum atomic E-state index is 10.8. The van der Waals surface area contributed by atoms with Crippen molar-refractivity contribution in [2.24, 2.45) is 11.3 Å². The molecule has 2 nitrogen and oxygen atoms in total. The van der Waals surface area contributed by atoms with Gasteiger partial charge >= 0.3 is 0 Å². The lowest BCUT2D eigenvalue weighted by Crippen LogP contribution is -2.55. The molecule has 2 aliphatic rings. The van der Waals surface area contributed by atoms with Crippen LogP contribution < -0.4 is 5.32 Å². The number of amides is 1. The highest BCUT2D eigenvalue weighted by molar-refractivity contribution is 5.48. The molecule has 0 radical (unpaired) electrons. The fourth-order valence-electron chi connectivity index (χ4n) is 4.44. The molecule has 0 aromatic rings. The molecule has 2 bridgehead atoms. The van der Waals surface area contributed by atoms with Crippen LogP contribution in [0.2, 0.25) is 0 Å². The van der Waals surface area contributed by atoms with E-state index in [0.29, 0.717) is 5.41 Å². The maximum absolute atomic E-state index is 10.8. The lowest BCUT2D eigenvalue weighted by Gasteiger charge is -2.53. The third-order valence-corrected chi connectivity index (χ3v) is 4.72. The van der Waals surface area contributed by atoms with E-state index >= 15 is 0 Å². The van der Waals surface area contributed by atoms with Gasteiger partial charge in [-0.05, 0) is 43.4 Å². The molecule has 3 unspecified atom stereocenters. The Balaban J connectivity index is 2.14. The van der Waals surface area contributed by atoms with Crippen LogP contribution in [0.1, 0.15) is 65.2 Å². The van der Waals surface area contributed by atoms with Crippen molar-refractivity contribution < 1.29 is 4.79 Å². The molecule has 2 aliphatic carbocycles. The van der Waals surface area contributed by atoms with Gasteiger partial charge in [0.25, 0.3) is 0 Å². The molecule has 0 spiro atoms. The van der Waals surface area contributed by atoms with Gasteiger partial charge in [-0.3, -0.25) is 4.79 Å². The summed E-state index contributed by atoms with van der Waals surface area (Å²) in [6, 6.07) is 0. The van der Waals surface area contributed by atoms with Crippen molar-refractivity contribution in [3.63, 3.8) is 0 Å². The van der Waals surface area contributed by atoms with Crippen LogP contribution in [0.15, 0.2) is 0 Å². The smallest absolute Gasteiger partial charge is 0.207 e. The molecule has 1 amide bonds. The number of nitrogens with one attached hydrogen (secondary N) is 1. The predicted octanol–water partition coefficient (Wildman–Crippen LogP) is 3.26. The Morgan fingerprint density at radius 2 is 2.19 bits per heavy atom. The first-order valence-electron chi connectivity index (χ1n) is 6.83. The molecule has 3 atom stereocenters. The largest absolute Gasteiger partial charge is 0.353 e. The Hall–Kier alpha value is -0.530. The summed E-state index contributed by atoms with van der Waals surface area (Å²) in [7, 11) is 0. The van der Waals surface area contributed by atoms with E-state index in [1.165, 1.54) is 51.4 Å². The molecule has 0 saturated heterocycles. The van der Waals surface area contributed by atoms with Crippen molar-refractivity contribution in [3.8, 4) is 0 Å². The highest BCUT2D eigenvalue weighted by Crippen LogP contribution is 2.53. The van der Waals surface area contributed by atoms with Gasteiger partial charge in [-0.15, -0.1) is 0 Å². The first kappa shape index (κ1) is 11.9. The SMILES string of the molecule is CCCC1CC2(C)CCCC(NC=O)(C1)C2. The predicted molar refractivity (Wildman–Crippen MR) is 66.1 cm³/mol. The van der Waals surface area contributed by atoms with Gasteiger partial charge in [-0.1, -0.05) is 33.1 Å². The van der Waals surface area contributed by atoms with E-state index < -0.39 is 0 Å². The fourth-order valence-corrected chi connectivity index (χ4v) is 4.44. The number of hydrogen-bond acceptors (Lipinski definition) is 1. The second kappa shape index (κ2) is 4.38. The third kappa shape index (κ3) is 2.26. The Labute approximate surface area is 99.2 Å². The van der Waals surface area contributed by atoms with Gasteiger partial charge in [0.15, 0.2) is 0 Å². The van der Waals surface area contributed by atoms with Crippen LogP contribution in [-0.2, 0) is 4.79 Å². The average Bonchev–Trinajstić information content (AvgIpc) is 2.15. The van der Waals surface area contributed by atoms with E-state index in [0.717, 1.165) is 12.3 Å². The molecule has 16 heavy (non-hydrogen) atoms. The van der Waals surface area contributed by atoms with Crippen molar-refractivity contribution in [1.29, 1.82) is 0 Å². The molecule has 2 rings (SSSR count). The van der Waals surface area contributed by atoms with Gasteiger partial charge in [-0.2, -0.15) is 0 Å². The summed E-state index contributed by atoms with van der Waals surface area (Å²) in [6.07, 6.45) is 11.2. The molecule has 2 saturated carbocycles. The lowest BCUT2D eigenvalue weighted by molar-refractivity contribution is -0.113. The van der Waals surface area contributed by atoms with Crippen molar-refractivity contribution in [1.82, 2.24) is 5.32 Å². The zero-order chi connectivity index (χ0) is 11.6. The van der Waals surface area contributed by atoms with Gasteiger partial charge in [0.05, 0.1) is 0 Å². The number of fused-ring (bicyclic) bond motifs is 2. The molecule has 92 valence electrons. The minimum Gasteiger partial charge on any atom is -0.353 e. The molecule has 0 aromatic heterocycles. The summed E-state index contributed by atoms with van der Waals surface area (Å²) < 4.78 is 0.